The monoisotopic (exact) mass is 498 g/mol. The first kappa shape index (κ1) is 22.9. The van der Waals surface area contributed by atoms with Crippen LogP contribution in [0.25, 0.3) is 33.2 Å². The zero-order chi connectivity index (χ0) is 25.5. The summed E-state index contributed by atoms with van der Waals surface area (Å²) >= 11 is 0. The molecule has 1 N–H and O–H groups in total. The van der Waals surface area contributed by atoms with Crippen molar-refractivity contribution in [3.05, 3.63) is 54.7 Å². The van der Waals surface area contributed by atoms with E-state index in [-0.39, 0.29) is 12.5 Å². The molecule has 0 saturated heterocycles. The lowest BCUT2D eigenvalue weighted by atomic mass is 10.1. The van der Waals surface area contributed by atoms with Gasteiger partial charge in [-0.05, 0) is 38.0 Å². The SMILES string of the molecule is COC(=O)Cn1nc(-c2cnn(C)c2)c2cc(O[C@H](C)c3nc(NC4CC4)cc4nccnc34)ccc21. The number of nitrogens with zero attached hydrogens (tertiary/aromatic N) is 7. The smallest absolute Gasteiger partial charge is 0.327 e. The van der Waals surface area contributed by atoms with E-state index in [1.165, 1.54) is 7.11 Å². The molecule has 0 aliphatic heterocycles. The summed E-state index contributed by atoms with van der Waals surface area (Å²) in [5, 5.41) is 13.3. The van der Waals surface area contributed by atoms with Crippen molar-refractivity contribution in [2.45, 2.75) is 38.5 Å². The second-order valence-corrected chi connectivity index (χ2v) is 9.16. The van der Waals surface area contributed by atoms with Gasteiger partial charge in [-0.15, -0.1) is 0 Å². The highest BCUT2D eigenvalue weighted by Gasteiger charge is 2.24. The van der Waals surface area contributed by atoms with Gasteiger partial charge in [0.15, 0.2) is 0 Å². The highest BCUT2D eigenvalue weighted by Crippen LogP contribution is 2.34. The van der Waals surface area contributed by atoms with Crippen LogP contribution < -0.4 is 10.1 Å². The van der Waals surface area contributed by atoms with Crippen LogP contribution >= 0.6 is 0 Å². The molecule has 0 bridgehead atoms. The molecule has 188 valence electrons. The van der Waals surface area contributed by atoms with E-state index < -0.39 is 6.10 Å². The minimum absolute atomic E-state index is 0.000760. The third-order valence-electron chi connectivity index (χ3n) is 6.32. The van der Waals surface area contributed by atoms with Crippen LogP contribution in [0, 0.1) is 0 Å². The maximum absolute atomic E-state index is 12.0. The van der Waals surface area contributed by atoms with Crippen LogP contribution in [-0.4, -0.2) is 53.6 Å². The number of ether oxygens (including phenoxy) is 2. The number of esters is 1. The van der Waals surface area contributed by atoms with Gasteiger partial charge < -0.3 is 14.8 Å². The van der Waals surface area contributed by atoms with Crippen LogP contribution in [0.3, 0.4) is 0 Å². The molecular weight excluding hydrogens is 472 g/mol. The second-order valence-electron chi connectivity index (χ2n) is 9.16. The summed E-state index contributed by atoms with van der Waals surface area (Å²) in [5.74, 6) is 1.04. The first-order valence-electron chi connectivity index (χ1n) is 12.1. The maximum Gasteiger partial charge on any atom is 0.327 e. The lowest BCUT2D eigenvalue weighted by molar-refractivity contribution is -0.141. The van der Waals surface area contributed by atoms with Crippen molar-refractivity contribution in [2.75, 3.05) is 12.4 Å². The van der Waals surface area contributed by atoms with Gasteiger partial charge in [-0.2, -0.15) is 10.2 Å². The Kier molecular flexibility index (Phi) is 5.67. The minimum atomic E-state index is -0.399. The molecule has 1 fully saturated rings. The number of anilines is 1. The lowest BCUT2D eigenvalue weighted by Gasteiger charge is -2.17. The highest BCUT2D eigenvalue weighted by atomic mass is 16.5. The number of carbonyl (C=O) groups is 1. The average molecular weight is 499 g/mol. The number of fused-ring (bicyclic) bond motifs is 2. The minimum Gasteiger partial charge on any atom is -0.484 e. The molecule has 1 aromatic carbocycles. The van der Waals surface area contributed by atoms with Crippen molar-refractivity contribution in [3.63, 3.8) is 0 Å². The molecule has 11 heteroatoms. The lowest BCUT2D eigenvalue weighted by Crippen LogP contribution is -2.12. The number of nitrogens with one attached hydrogen (secondary N) is 1. The first-order chi connectivity index (χ1) is 18.0. The summed E-state index contributed by atoms with van der Waals surface area (Å²) in [7, 11) is 3.21. The molecule has 0 radical (unpaired) electrons. The first-order valence-corrected chi connectivity index (χ1v) is 12.1. The van der Waals surface area contributed by atoms with Gasteiger partial charge in [-0.1, -0.05) is 0 Å². The fourth-order valence-corrected chi connectivity index (χ4v) is 4.35. The zero-order valence-electron chi connectivity index (χ0n) is 20.8. The molecule has 1 saturated carbocycles. The molecule has 5 aromatic rings. The number of hydrogen-bond acceptors (Lipinski definition) is 9. The summed E-state index contributed by atoms with van der Waals surface area (Å²) in [6, 6.07) is 8.07. The Bertz CT molecular complexity index is 1620. The van der Waals surface area contributed by atoms with Crippen molar-refractivity contribution in [2.24, 2.45) is 7.05 Å². The normalized spacial score (nSPS) is 14.1. The van der Waals surface area contributed by atoms with Crippen molar-refractivity contribution in [1.82, 2.24) is 34.5 Å². The summed E-state index contributed by atoms with van der Waals surface area (Å²) < 4.78 is 14.6. The van der Waals surface area contributed by atoms with Crippen LogP contribution in [0.1, 0.15) is 31.6 Å². The van der Waals surface area contributed by atoms with Gasteiger partial charge in [0.2, 0.25) is 0 Å². The molecule has 6 rings (SSSR count). The third-order valence-corrected chi connectivity index (χ3v) is 6.32. The molecule has 1 aliphatic rings. The molecule has 0 amide bonds. The zero-order valence-corrected chi connectivity index (χ0v) is 20.8. The van der Waals surface area contributed by atoms with Crippen LogP contribution in [0.5, 0.6) is 5.75 Å². The van der Waals surface area contributed by atoms with E-state index in [2.05, 4.69) is 20.4 Å². The van der Waals surface area contributed by atoms with Crippen molar-refractivity contribution < 1.29 is 14.3 Å². The van der Waals surface area contributed by atoms with Gasteiger partial charge in [0.1, 0.15) is 41.1 Å². The predicted octanol–water partition coefficient (Wildman–Crippen LogP) is 3.66. The van der Waals surface area contributed by atoms with Crippen molar-refractivity contribution >= 4 is 33.7 Å². The van der Waals surface area contributed by atoms with E-state index in [9.17, 15) is 4.79 Å². The molecule has 4 aromatic heterocycles. The van der Waals surface area contributed by atoms with Crippen LogP contribution in [0.2, 0.25) is 0 Å². The summed E-state index contributed by atoms with van der Waals surface area (Å²) in [4.78, 5) is 25.9. The topological polar surface area (TPSA) is 122 Å². The molecule has 0 spiro atoms. The summed E-state index contributed by atoms with van der Waals surface area (Å²) in [6.07, 6.45) is 8.86. The molecule has 0 unspecified atom stereocenters. The number of methoxy groups -OCH3 is 1. The highest BCUT2D eigenvalue weighted by molar-refractivity contribution is 5.94. The fourth-order valence-electron chi connectivity index (χ4n) is 4.35. The van der Waals surface area contributed by atoms with E-state index >= 15 is 0 Å². The Labute approximate surface area is 212 Å². The van der Waals surface area contributed by atoms with E-state index in [4.69, 9.17) is 19.6 Å². The molecule has 11 nitrogen and oxygen atoms in total. The number of carbonyl (C=O) groups excluding carboxylic acids is 1. The number of aryl methyl sites for hydroxylation is 1. The molecule has 1 aliphatic carbocycles. The Hall–Kier alpha value is -4.54. The van der Waals surface area contributed by atoms with E-state index in [1.807, 2.05) is 44.4 Å². The van der Waals surface area contributed by atoms with Gasteiger partial charge in [-0.25, -0.2) is 4.98 Å². The molecular formula is C26H26N8O3. The quantitative estimate of drug-likeness (QED) is 0.319. The largest absolute Gasteiger partial charge is 0.484 e. The molecule has 1 atom stereocenters. The van der Waals surface area contributed by atoms with Gasteiger partial charge >= 0.3 is 5.97 Å². The van der Waals surface area contributed by atoms with Crippen molar-refractivity contribution in [1.29, 1.82) is 0 Å². The Morgan fingerprint density at radius 1 is 1.22 bits per heavy atom. The predicted molar refractivity (Wildman–Crippen MR) is 137 cm³/mol. The second kappa shape index (κ2) is 9.16. The number of rotatable bonds is 8. The number of aromatic nitrogens is 7. The Morgan fingerprint density at radius 3 is 2.81 bits per heavy atom. The van der Waals surface area contributed by atoms with Gasteiger partial charge in [0.25, 0.3) is 0 Å². The number of pyridine rings is 1. The van der Waals surface area contributed by atoms with Crippen molar-refractivity contribution in [3.8, 4) is 17.0 Å². The van der Waals surface area contributed by atoms with Crippen LogP contribution in [0.4, 0.5) is 5.82 Å². The fraction of sp³-hybridized carbons (Fsp3) is 0.308. The molecule has 4 heterocycles. The summed E-state index contributed by atoms with van der Waals surface area (Å²) in [6.45, 7) is 1.95. The van der Waals surface area contributed by atoms with E-state index in [0.29, 0.717) is 28.7 Å². The summed E-state index contributed by atoms with van der Waals surface area (Å²) in [5.41, 5.74) is 4.51. The van der Waals surface area contributed by atoms with Crippen LogP contribution in [-0.2, 0) is 23.1 Å². The van der Waals surface area contributed by atoms with E-state index in [1.54, 1.807) is 28.0 Å². The van der Waals surface area contributed by atoms with E-state index in [0.717, 1.165) is 40.6 Å². The average Bonchev–Trinajstić information content (AvgIpc) is 3.50. The molecule has 37 heavy (non-hydrogen) atoms. The Balaban J connectivity index is 1.37. The number of hydrogen-bond donors (Lipinski definition) is 1. The van der Waals surface area contributed by atoms with Crippen LogP contribution in [0.15, 0.2) is 49.1 Å². The van der Waals surface area contributed by atoms with Gasteiger partial charge in [0, 0.05) is 48.7 Å². The standard InChI is InChI=1S/C26H26N8O3/c1-15(24-26-20(27-8-9-28-26)11-22(31-24)30-17-4-5-17)37-18-6-7-21-19(10-18)25(16-12-29-33(2)13-16)32-34(21)14-23(35)36-3/h6-13,15,17H,4-5,14H2,1-3H3,(H,30,31)/t15-/m1/s1. The third kappa shape index (κ3) is 4.55. The number of benzene rings is 1. The van der Waals surface area contributed by atoms with Gasteiger partial charge in [-0.3, -0.25) is 24.1 Å². The Morgan fingerprint density at radius 2 is 2.05 bits per heavy atom. The van der Waals surface area contributed by atoms with Gasteiger partial charge in [0.05, 0.1) is 24.3 Å². The maximum atomic E-state index is 12.0.